The van der Waals surface area contributed by atoms with Gasteiger partial charge in [0, 0.05) is 37.0 Å². The summed E-state index contributed by atoms with van der Waals surface area (Å²) in [5.74, 6) is -5.90. The molecule has 4 aliphatic rings. The lowest BCUT2D eigenvalue weighted by atomic mass is 9.85. The van der Waals surface area contributed by atoms with Crippen molar-refractivity contribution in [1.29, 1.82) is 0 Å². The van der Waals surface area contributed by atoms with E-state index in [0.717, 1.165) is 60.9 Å². The van der Waals surface area contributed by atoms with Crippen LogP contribution in [0.25, 0.3) is 11.3 Å². The fourth-order valence-corrected chi connectivity index (χ4v) is 7.90. The van der Waals surface area contributed by atoms with Crippen LogP contribution in [-0.2, 0) is 19.1 Å². The van der Waals surface area contributed by atoms with Gasteiger partial charge in [-0.2, -0.15) is 4.39 Å². The lowest BCUT2D eigenvalue weighted by Crippen LogP contribution is -2.54. The quantitative estimate of drug-likeness (QED) is 0.201. The Labute approximate surface area is 326 Å². The largest absolute Gasteiger partial charge is 0.480 e. The standard InChI is InChI=1S/C22H28FN3O4.C17H17F2N3O3S/c1-12(2)7-8-22(3,4)11-24-16-10-14-13(9-15(16)23)20(29)26(21(14)30)17-5-6-18(27)25-19(17)28;18-12-4-3-11(16(15(12)19)24-7-14(20)23)13-8-26-17(21-13)22-5-9-1-2-10(6-22)25-9/h9-10,12,17,24H,5-8,11H2,1-4H3,(H,25,27,28);3-4,8-10H,1-2,5-7H2,(H2,20,23). The van der Waals surface area contributed by atoms with Gasteiger partial charge in [0.1, 0.15) is 11.9 Å². The average Bonchev–Trinajstić information content (AvgIpc) is 3.83. The number of halogens is 3. The van der Waals surface area contributed by atoms with Crippen molar-refractivity contribution in [2.75, 3.05) is 36.5 Å². The highest BCUT2D eigenvalue weighted by molar-refractivity contribution is 7.14. The van der Waals surface area contributed by atoms with E-state index in [1.807, 2.05) is 0 Å². The Hall–Kier alpha value is -5.03. The predicted molar refractivity (Wildman–Crippen MR) is 202 cm³/mol. The molecule has 3 aromatic rings. The molecule has 13 nitrogen and oxygen atoms in total. The number of amides is 5. The zero-order valence-electron chi connectivity index (χ0n) is 31.6. The molecule has 0 saturated carbocycles. The molecule has 0 aliphatic carbocycles. The molecule has 3 unspecified atom stereocenters. The second-order valence-electron chi connectivity index (χ2n) is 15.6. The number of nitrogens with zero attached hydrogens (tertiary/aromatic N) is 3. The number of ether oxygens (including phenoxy) is 2. The van der Waals surface area contributed by atoms with E-state index in [-0.39, 0.29) is 58.6 Å². The highest BCUT2D eigenvalue weighted by Crippen LogP contribution is 2.38. The van der Waals surface area contributed by atoms with Crippen molar-refractivity contribution in [1.82, 2.24) is 15.2 Å². The van der Waals surface area contributed by atoms with Gasteiger partial charge < -0.3 is 25.4 Å². The zero-order chi connectivity index (χ0) is 40.5. The third-order valence-corrected chi connectivity index (χ3v) is 11.1. The second kappa shape index (κ2) is 16.6. The van der Waals surface area contributed by atoms with E-state index >= 15 is 0 Å². The lowest BCUT2D eigenvalue weighted by Gasteiger charge is -2.31. The highest BCUT2D eigenvalue weighted by atomic mass is 32.1. The molecular weight excluding hydrogens is 754 g/mol. The first-order valence-corrected chi connectivity index (χ1v) is 19.4. The van der Waals surface area contributed by atoms with Crippen molar-refractivity contribution in [3.05, 3.63) is 58.2 Å². The number of morpholine rings is 1. The number of hydrogen-bond donors (Lipinski definition) is 3. The number of nitrogens with two attached hydrogens (primary N) is 1. The molecule has 0 spiro atoms. The van der Waals surface area contributed by atoms with E-state index in [1.165, 1.54) is 23.5 Å². The molecule has 2 aromatic carbocycles. The molecule has 2 bridgehead atoms. The van der Waals surface area contributed by atoms with E-state index < -0.39 is 59.6 Å². The second-order valence-corrected chi connectivity index (χ2v) is 16.5. The lowest BCUT2D eigenvalue weighted by molar-refractivity contribution is -0.136. The van der Waals surface area contributed by atoms with E-state index in [2.05, 4.69) is 48.2 Å². The minimum atomic E-state index is -1.16. The molecule has 4 N–H and O–H groups in total. The van der Waals surface area contributed by atoms with Crippen LogP contribution in [0, 0.1) is 28.8 Å². The molecule has 5 amide bonds. The summed E-state index contributed by atoms with van der Waals surface area (Å²) in [6.45, 7) is 9.99. The zero-order valence-corrected chi connectivity index (χ0v) is 32.4. The maximum atomic E-state index is 14.7. The number of imide groups is 2. The van der Waals surface area contributed by atoms with E-state index in [4.69, 9.17) is 15.2 Å². The van der Waals surface area contributed by atoms with Gasteiger partial charge in [0.15, 0.2) is 23.3 Å². The SMILES string of the molecule is CC(C)CCC(C)(C)CNc1cc2c(cc1F)C(=O)N(C1CCC(=O)NC1=O)C2=O.NC(=O)COc1c(-c2csc(N3CC4CCC(C3)O4)n2)ccc(F)c1F. The summed E-state index contributed by atoms with van der Waals surface area (Å²) >= 11 is 1.42. The number of primary amides is 1. The Morgan fingerprint density at radius 3 is 2.36 bits per heavy atom. The topological polar surface area (TPSA) is 173 Å². The first-order valence-electron chi connectivity index (χ1n) is 18.6. The van der Waals surface area contributed by atoms with Crippen LogP contribution in [0.3, 0.4) is 0 Å². The van der Waals surface area contributed by atoms with E-state index in [9.17, 15) is 37.1 Å². The normalized spacial score (nSPS) is 20.5. The molecule has 17 heteroatoms. The molecule has 56 heavy (non-hydrogen) atoms. The molecule has 0 radical (unpaired) electrons. The van der Waals surface area contributed by atoms with Crippen molar-refractivity contribution in [3.63, 3.8) is 0 Å². The summed E-state index contributed by atoms with van der Waals surface area (Å²) in [6, 6.07) is 3.72. The van der Waals surface area contributed by atoms with Gasteiger partial charge in [0.2, 0.25) is 17.6 Å². The summed E-state index contributed by atoms with van der Waals surface area (Å²) in [4.78, 5) is 67.6. The van der Waals surface area contributed by atoms with Crippen LogP contribution < -0.4 is 26.0 Å². The van der Waals surface area contributed by atoms with Crippen molar-refractivity contribution in [2.24, 2.45) is 17.1 Å². The molecule has 3 atom stereocenters. The summed E-state index contributed by atoms with van der Waals surface area (Å²) in [5, 5.41) is 7.77. The molecule has 5 heterocycles. The van der Waals surface area contributed by atoms with E-state index in [1.54, 1.807) is 5.38 Å². The maximum Gasteiger partial charge on any atom is 0.262 e. The number of carbonyl (C=O) groups excluding carboxylic acids is 5. The van der Waals surface area contributed by atoms with Crippen LogP contribution >= 0.6 is 11.3 Å². The number of carbonyl (C=O) groups is 5. The van der Waals surface area contributed by atoms with Crippen molar-refractivity contribution in [3.8, 4) is 17.0 Å². The van der Waals surface area contributed by atoms with Crippen molar-refractivity contribution in [2.45, 2.75) is 84.5 Å². The van der Waals surface area contributed by atoms with Crippen LogP contribution in [0.15, 0.2) is 29.6 Å². The van der Waals surface area contributed by atoms with Crippen LogP contribution in [0.5, 0.6) is 5.75 Å². The monoisotopic (exact) mass is 798 g/mol. The minimum Gasteiger partial charge on any atom is -0.480 e. The first-order chi connectivity index (χ1) is 26.5. The third-order valence-electron chi connectivity index (χ3n) is 10.2. The van der Waals surface area contributed by atoms with Crippen molar-refractivity contribution >= 4 is 51.7 Å². The number of nitrogens with one attached hydrogen (secondary N) is 2. The summed E-state index contributed by atoms with van der Waals surface area (Å²) in [5.41, 5.74) is 5.86. The van der Waals surface area contributed by atoms with Gasteiger partial charge in [-0.1, -0.05) is 34.1 Å². The Morgan fingerprint density at radius 2 is 1.71 bits per heavy atom. The smallest absolute Gasteiger partial charge is 0.262 e. The van der Waals surface area contributed by atoms with Crippen LogP contribution in [0.2, 0.25) is 0 Å². The van der Waals surface area contributed by atoms with Gasteiger partial charge in [0.05, 0.1) is 34.7 Å². The van der Waals surface area contributed by atoms with Gasteiger partial charge in [-0.3, -0.25) is 34.2 Å². The minimum absolute atomic E-state index is 0.0381. The number of hydrogen-bond acceptors (Lipinski definition) is 11. The maximum absolute atomic E-state index is 14.7. The van der Waals surface area contributed by atoms with Crippen LogP contribution in [0.4, 0.5) is 24.0 Å². The molecule has 300 valence electrons. The average molecular weight is 799 g/mol. The molecule has 4 aliphatic heterocycles. The number of thiazole rings is 1. The Balaban J connectivity index is 0.000000191. The molecule has 1 aromatic heterocycles. The van der Waals surface area contributed by atoms with Crippen LogP contribution in [-0.4, -0.2) is 83.9 Å². The van der Waals surface area contributed by atoms with Crippen molar-refractivity contribution < 1.29 is 46.6 Å². The molecule has 7 rings (SSSR count). The summed E-state index contributed by atoms with van der Waals surface area (Å²) < 4.78 is 53.3. The predicted octanol–water partition coefficient (Wildman–Crippen LogP) is 5.42. The van der Waals surface area contributed by atoms with Gasteiger partial charge in [0.25, 0.3) is 17.7 Å². The molecular formula is C39H45F3N6O7S. The van der Waals surface area contributed by atoms with E-state index in [0.29, 0.717) is 18.2 Å². The number of anilines is 2. The van der Waals surface area contributed by atoms with Gasteiger partial charge in [-0.25, -0.2) is 13.8 Å². The van der Waals surface area contributed by atoms with Gasteiger partial charge in [-0.05, 0) is 61.3 Å². The Kier molecular flexibility index (Phi) is 12.0. The number of piperidine rings is 1. The fourth-order valence-electron chi connectivity index (χ4n) is 7.05. The Bertz CT molecular complexity index is 2030. The summed E-state index contributed by atoms with van der Waals surface area (Å²) in [6.07, 6.45) is 4.66. The Morgan fingerprint density at radius 1 is 1.04 bits per heavy atom. The number of benzene rings is 2. The third kappa shape index (κ3) is 8.99. The van der Waals surface area contributed by atoms with Gasteiger partial charge in [-0.15, -0.1) is 11.3 Å². The summed E-state index contributed by atoms with van der Waals surface area (Å²) in [7, 11) is 0. The number of rotatable bonds is 12. The number of aromatic nitrogens is 1. The molecule has 3 saturated heterocycles. The van der Waals surface area contributed by atoms with Gasteiger partial charge >= 0.3 is 0 Å². The molecule has 3 fully saturated rings. The first kappa shape index (κ1) is 40.6. The highest BCUT2D eigenvalue weighted by Gasteiger charge is 2.45. The fraction of sp³-hybridized carbons (Fsp3) is 0.487. The van der Waals surface area contributed by atoms with Crippen LogP contribution in [0.1, 0.15) is 86.9 Å². The number of fused-ring (bicyclic) bond motifs is 3.